The summed E-state index contributed by atoms with van der Waals surface area (Å²) in [5.74, 6) is 0.0690. The number of fused-ring (bicyclic) bond motifs is 1. The molecule has 0 heterocycles. The molecule has 0 spiro atoms. The molecule has 19 heavy (non-hydrogen) atoms. The molecule has 1 aliphatic carbocycles. The van der Waals surface area contributed by atoms with Crippen molar-refractivity contribution in [2.24, 2.45) is 0 Å². The summed E-state index contributed by atoms with van der Waals surface area (Å²) >= 11 is 0. The maximum atomic E-state index is 12.6. The second-order valence-electron chi connectivity index (χ2n) is 5.24. The number of carbonyl (C=O) groups excluding carboxylic acids is 1. The van der Waals surface area contributed by atoms with Gasteiger partial charge in [0.15, 0.2) is 5.78 Å². The number of nitrogen functional groups attached to an aromatic ring is 1. The van der Waals surface area contributed by atoms with E-state index in [9.17, 15) is 4.79 Å². The van der Waals surface area contributed by atoms with Gasteiger partial charge in [-0.2, -0.15) is 0 Å². The molecule has 0 aromatic heterocycles. The summed E-state index contributed by atoms with van der Waals surface area (Å²) in [6.07, 6.45) is 3.43. The zero-order valence-corrected chi connectivity index (χ0v) is 11.1. The Bertz CT molecular complexity index is 658. The highest BCUT2D eigenvalue weighted by Crippen LogP contribution is 2.25. The molecular weight excluding hydrogens is 234 g/mol. The van der Waals surface area contributed by atoms with E-state index < -0.39 is 0 Å². The minimum atomic E-state index is 0.0690. The van der Waals surface area contributed by atoms with Crippen LogP contribution in [0.15, 0.2) is 36.4 Å². The number of nitrogens with two attached hydrogens (primary N) is 1. The molecule has 3 rings (SSSR count). The predicted molar refractivity (Wildman–Crippen MR) is 77.5 cm³/mol. The van der Waals surface area contributed by atoms with E-state index in [2.05, 4.69) is 6.07 Å². The van der Waals surface area contributed by atoms with Crippen LogP contribution in [0.4, 0.5) is 5.69 Å². The van der Waals surface area contributed by atoms with Gasteiger partial charge in [0, 0.05) is 16.8 Å². The lowest BCUT2D eigenvalue weighted by Gasteiger charge is -2.08. The van der Waals surface area contributed by atoms with Crippen LogP contribution < -0.4 is 5.73 Å². The van der Waals surface area contributed by atoms with Crippen molar-refractivity contribution in [1.82, 2.24) is 0 Å². The highest BCUT2D eigenvalue weighted by molar-refractivity contribution is 6.10. The Labute approximate surface area is 113 Å². The van der Waals surface area contributed by atoms with Crippen molar-refractivity contribution in [2.45, 2.75) is 26.2 Å². The van der Waals surface area contributed by atoms with E-state index in [0.29, 0.717) is 11.3 Å². The van der Waals surface area contributed by atoms with Crippen LogP contribution in [0.1, 0.15) is 39.0 Å². The van der Waals surface area contributed by atoms with Crippen molar-refractivity contribution < 1.29 is 4.79 Å². The summed E-state index contributed by atoms with van der Waals surface area (Å²) < 4.78 is 0. The molecule has 2 heteroatoms. The van der Waals surface area contributed by atoms with Crippen molar-refractivity contribution in [3.05, 3.63) is 64.2 Å². The van der Waals surface area contributed by atoms with Crippen LogP contribution in [-0.2, 0) is 12.8 Å². The highest BCUT2D eigenvalue weighted by Gasteiger charge is 2.16. The van der Waals surface area contributed by atoms with Gasteiger partial charge in [0.05, 0.1) is 0 Å². The van der Waals surface area contributed by atoms with E-state index in [0.717, 1.165) is 24.0 Å². The average Bonchev–Trinajstić information content (AvgIpc) is 2.88. The fourth-order valence-corrected chi connectivity index (χ4v) is 2.75. The van der Waals surface area contributed by atoms with E-state index in [1.807, 2.05) is 31.2 Å². The molecule has 0 radical (unpaired) electrons. The third kappa shape index (κ3) is 2.14. The first-order chi connectivity index (χ1) is 9.15. The number of hydrogen-bond acceptors (Lipinski definition) is 2. The third-order valence-electron chi connectivity index (χ3n) is 3.87. The fourth-order valence-electron chi connectivity index (χ4n) is 2.75. The largest absolute Gasteiger partial charge is 0.399 e. The lowest BCUT2D eigenvalue weighted by Crippen LogP contribution is -2.05. The fraction of sp³-hybridized carbons (Fsp3) is 0.235. The Morgan fingerprint density at radius 2 is 1.84 bits per heavy atom. The molecule has 0 unspecified atom stereocenters. The second-order valence-corrected chi connectivity index (χ2v) is 5.24. The molecule has 96 valence electrons. The summed E-state index contributed by atoms with van der Waals surface area (Å²) in [7, 11) is 0. The van der Waals surface area contributed by atoms with Gasteiger partial charge >= 0.3 is 0 Å². The minimum absolute atomic E-state index is 0.0690. The maximum absolute atomic E-state index is 12.6. The predicted octanol–water partition coefficient (Wildman–Crippen LogP) is 3.30. The van der Waals surface area contributed by atoms with Crippen LogP contribution in [0.2, 0.25) is 0 Å². The van der Waals surface area contributed by atoms with Crippen LogP contribution in [0.5, 0.6) is 0 Å². The lowest BCUT2D eigenvalue weighted by atomic mass is 9.96. The number of rotatable bonds is 2. The molecule has 2 N–H and O–H groups in total. The topological polar surface area (TPSA) is 43.1 Å². The van der Waals surface area contributed by atoms with Gasteiger partial charge in [-0.3, -0.25) is 4.79 Å². The van der Waals surface area contributed by atoms with Gasteiger partial charge in [-0.1, -0.05) is 18.2 Å². The molecule has 0 atom stereocenters. The van der Waals surface area contributed by atoms with Crippen molar-refractivity contribution in [2.75, 3.05) is 5.73 Å². The summed E-state index contributed by atoms with van der Waals surface area (Å²) in [6.45, 7) is 1.94. The number of hydrogen-bond donors (Lipinski definition) is 1. The van der Waals surface area contributed by atoms with Gasteiger partial charge in [0.25, 0.3) is 0 Å². The molecule has 0 bridgehead atoms. The van der Waals surface area contributed by atoms with E-state index in [1.54, 1.807) is 6.07 Å². The highest BCUT2D eigenvalue weighted by atomic mass is 16.1. The van der Waals surface area contributed by atoms with Crippen molar-refractivity contribution in [3.63, 3.8) is 0 Å². The summed E-state index contributed by atoms with van der Waals surface area (Å²) in [5.41, 5.74) is 11.6. The van der Waals surface area contributed by atoms with Gasteiger partial charge in [-0.05, 0) is 61.1 Å². The smallest absolute Gasteiger partial charge is 0.193 e. The monoisotopic (exact) mass is 251 g/mol. The molecule has 2 nitrogen and oxygen atoms in total. The van der Waals surface area contributed by atoms with Gasteiger partial charge in [0.2, 0.25) is 0 Å². The first-order valence-corrected chi connectivity index (χ1v) is 6.68. The van der Waals surface area contributed by atoms with Crippen LogP contribution in [0.3, 0.4) is 0 Å². The van der Waals surface area contributed by atoms with E-state index in [1.165, 1.54) is 17.5 Å². The number of aryl methyl sites for hydroxylation is 3. The Hall–Kier alpha value is -2.09. The van der Waals surface area contributed by atoms with E-state index >= 15 is 0 Å². The second kappa shape index (κ2) is 4.54. The molecule has 2 aromatic carbocycles. The SMILES string of the molecule is Cc1ccc(N)cc1C(=O)c1ccc2c(c1)CCC2. The van der Waals surface area contributed by atoms with E-state index in [4.69, 9.17) is 5.73 Å². The standard InChI is InChI=1S/C17H17NO/c1-11-5-8-15(18)10-16(11)17(19)14-7-6-12-3-2-4-13(12)9-14/h5-10H,2-4,18H2,1H3. The van der Waals surface area contributed by atoms with Crippen LogP contribution in [-0.4, -0.2) is 5.78 Å². The van der Waals surface area contributed by atoms with Gasteiger partial charge in [-0.15, -0.1) is 0 Å². The lowest BCUT2D eigenvalue weighted by molar-refractivity contribution is 0.103. The molecule has 0 saturated carbocycles. The van der Waals surface area contributed by atoms with Crippen LogP contribution in [0.25, 0.3) is 0 Å². The quantitative estimate of drug-likeness (QED) is 0.657. The Kier molecular flexibility index (Phi) is 2.86. The molecule has 0 saturated heterocycles. The first kappa shape index (κ1) is 12.0. The summed E-state index contributed by atoms with van der Waals surface area (Å²) in [4.78, 5) is 12.6. The number of anilines is 1. The third-order valence-corrected chi connectivity index (χ3v) is 3.87. The summed E-state index contributed by atoms with van der Waals surface area (Å²) in [6, 6.07) is 11.6. The molecule has 0 fully saturated rings. The number of benzene rings is 2. The Morgan fingerprint density at radius 3 is 2.68 bits per heavy atom. The zero-order valence-electron chi connectivity index (χ0n) is 11.1. The maximum Gasteiger partial charge on any atom is 0.193 e. The van der Waals surface area contributed by atoms with Crippen LogP contribution >= 0.6 is 0 Å². The number of ketones is 1. The van der Waals surface area contributed by atoms with Gasteiger partial charge < -0.3 is 5.73 Å². The molecular formula is C17H17NO. The molecule has 0 amide bonds. The Morgan fingerprint density at radius 1 is 1.05 bits per heavy atom. The molecule has 0 aliphatic heterocycles. The van der Waals surface area contributed by atoms with Crippen molar-refractivity contribution >= 4 is 11.5 Å². The minimum Gasteiger partial charge on any atom is -0.399 e. The molecule has 2 aromatic rings. The van der Waals surface area contributed by atoms with E-state index in [-0.39, 0.29) is 5.78 Å². The van der Waals surface area contributed by atoms with Crippen molar-refractivity contribution in [3.8, 4) is 0 Å². The van der Waals surface area contributed by atoms with Gasteiger partial charge in [-0.25, -0.2) is 0 Å². The number of carbonyl (C=O) groups is 1. The normalized spacial score (nSPS) is 13.3. The summed E-state index contributed by atoms with van der Waals surface area (Å²) in [5, 5.41) is 0. The Balaban J connectivity index is 2.02. The van der Waals surface area contributed by atoms with Crippen LogP contribution in [0, 0.1) is 6.92 Å². The van der Waals surface area contributed by atoms with Crippen molar-refractivity contribution in [1.29, 1.82) is 0 Å². The average molecular weight is 251 g/mol. The van der Waals surface area contributed by atoms with Gasteiger partial charge in [0.1, 0.15) is 0 Å². The zero-order chi connectivity index (χ0) is 13.4. The first-order valence-electron chi connectivity index (χ1n) is 6.68. The molecule has 1 aliphatic rings.